The van der Waals surface area contributed by atoms with E-state index in [1.165, 1.54) is 18.2 Å². The van der Waals surface area contributed by atoms with Crippen molar-refractivity contribution >= 4 is 5.97 Å². The first-order valence-corrected chi connectivity index (χ1v) is 3.34. The van der Waals surface area contributed by atoms with Crippen LogP contribution in [0.5, 0.6) is 0 Å². The predicted octanol–water partition coefficient (Wildman–Crippen LogP) is -1.25. The maximum absolute atomic E-state index is 10.5. The van der Waals surface area contributed by atoms with Gasteiger partial charge in [-0.05, 0) is 6.08 Å². The smallest absolute Gasteiger partial charge is 0.315 e. The number of hydrogen-bond donors (Lipinski definition) is 4. The van der Waals surface area contributed by atoms with Gasteiger partial charge in [0.25, 0.3) is 0 Å². The second-order valence-corrected chi connectivity index (χ2v) is 2.65. The fourth-order valence-electron chi connectivity index (χ4n) is 1.00. The van der Waals surface area contributed by atoms with Gasteiger partial charge in [0.1, 0.15) is 5.92 Å². The molecule has 6 N–H and O–H groups in total. The predicted molar refractivity (Wildman–Crippen MR) is 41.7 cm³/mol. The first-order valence-electron chi connectivity index (χ1n) is 3.34. The Balaban J connectivity index is 3.01. The van der Waals surface area contributed by atoms with Gasteiger partial charge in [-0.2, -0.15) is 0 Å². The molecule has 2 atom stereocenters. The van der Waals surface area contributed by atoms with Crippen molar-refractivity contribution < 1.29 is 15.0 Å². The van der Waals surface area contributed by atoms with Crippen molar-refractivity contribution in [2.24, 2.45) is 17.4 Å². The summed E-state index contributed by atoms with van der Waals surface area (Å²) in [7, 11) is 0. The summed E-state index contributed by atoms with van der Waals surface area (Å²) in [5.41, 5.74) is 8.59. The van der Waals surface area contributed by atoms with E-state index in [4.69, 9.17) is 16.6 Å². The van der Waals surface area contributed by atoms with Crippen LogP contribution in [0.1, 0.15) is 0 Å². The maximum atomic E-state index is 10.5. The summed E-state index contributed by atoms with van der Waals surface area (Å²) in [5.74, 6) is -2.38. The summed E-state index contributed by atoms with van der Waals surface area (Å²) in [4.78, 5) is 10.5. The Bertz CT molecular complexity index is 268. The standard InChI is InChI=1S/C7H10N2O3/c8-5-3-1-2-4(6(10)11)7(5,9)12/h1-4,12H,8-9H2,(H,10,11). The molecule has 0 aromatic heterocycles. The van der Waals surface area contributed by atoms with Crippen LogP contribution in [0.15, 0.2) is 23.9 Å². The number of hydrogen-bond acceptors (Lipinski definition) is 4. The largest absolute Gasteiger partial charge is 0.481 e. The quantitative estimate of drug-likeness (QED) is 0.367. The second-order valence-electron chi connectivity index (χ2n) is 2.65. The van der Waals surface area contributed by atoms with Gasteiger partial charge >= 0.3 is 5.97 Å². The van der Waals surface area contributed by atoms with Gasteiger partial charge in [-0.25, -0.2) is 0 Å². The lowest BCUT2D eigenvalue weighted by Gasteiger charge is -2.30. The molecule has 5 nitrogen and oxygen atoms in total. The van der Waals surface area contributed by atoms with Crippen LogP contribution in [0.25, 0.3) is 0 Å². The van der Waals surface area contributed by atoms with E-state index in [-0.39, 0.29) is 5.70 Å². The second kappa shape index (κ2) is 2.62. The van der Waals surface area contributed by atoms with Crippen molar-refractivity contribution in [3.05, 3.63) is 23.9 Å². The zero-order chi connectivity index (χ0) is 9.35. The molecule has 0 aromatic rings. The Labute approximate surface area is 69.0 Å². The molecule has 1 aliphatic rings. The average molecular weight is 170 g/mol. The average Bonchev–Trinajstić information content (AvgIpc) is 1.94. The Hall–Kier alpha value is -1.33. The van der Waals surface area contributed by atoms with Gasteiger partial charge in [0.15, 0.2) is 5.72 Å². The minimum absolute atomic E-state index is 0.0441. The Morgan fingerprint density at radius 1 is 1.67 bits per heavy atom. The summed E-state index contributed by atoms with van der Waals surface area (Å²) in [6, 6.07) is 0. The fraction of sp³-hybridized carbons (Fsp3) is 0.286. The van der Waals surface area contributed by atoms with Crippen molar-refractivity contribution in [1.82, 2.24) is 0 Å². The zero-order valence-corrected chi connectivity index (χ0v) is 6.27. The number of aliphatic hydroxyl groups is 1. The van der Waals surface area contributed by atoms with Crippen molar-refractivity contribution in [3.8, 4) is 0 Å². The van der Waals surface area contributed by atoms with Crippen LogP contribution in [0.2, 0.25) is 0 Å². The minimum atomic E-state index is -1.97. The number of aliphatic carboxylic acids is 1. The van der Waals surface area contributed by atoms with Crippen LogP contribution >= 0.6 is 0 Å². The van der Waals surface area contributed by atoms with E-state index >= 15 is 0 Å². The van der Waals surface area contributed by atoms with Crippen LogP contribution in [0, 0.1) is 5.92 Å². The van der Waals surface area contributed by atoms with E-state index in [0.29, 0.717) is 0 Å². The highest BCUT2D eigenvalue weighted by molar-refractivity contribution is 5.75. The summed E-state index contributed by atoms with van der Waals surface area (Å²) in [5, 5.41) is 18.0. The lowest BCUT2D eigenvalue weighted by Crippen LogP contribution is -2.54. The highest BCUT2D eigenvalue weighted by atomic mass is 16.4. The van der Waals surface area contributed by atoms with Gasteiger partial charge in [0, 0.05) is 0 Å². The van der Waals surface area contributed by atoms with Crippen LogP contribution in [-0.4, -0.2) is 21.9 Å². The molecule has 0 heterocycles. The minimum Gasteiger partial charge on any atom is -0.481 e. The zero-order valence-electron chi connectivity index (χ0n) is 6.27. The van der Waals surface area contributed by atoms with E-state index in [2.05, 4.69) is 0 Å². The number of carboxylic acid groups (broad SMARTS) is 1. The third kappa shape index (κ3) is 1.19. The van der Waals surface area contributed by atoms with Crippen LogP contribution in [-0.2, 0) is 4.79 Å². The third-order valence-electron chi connectivity index (χ3n) is 1.78. The molecule has 2 unspecified atom stereocenters. The monoisotopic (exact) mass is 170 g/mol. The van der Waals surface area contributed by atoms with Crippen molar-refractivity contribution in [1.29, 1.82) is 0 Å². The Morgan fingerprint density at radius 3 is 2.67 bits per heavy atom. The van der Waals surface area contributed by atoms with Gasteiger partial charge in [-0.3, -0.25) is 10.5 Å². The highest BCUT2D eigenvalue weighted by Crippen LogP contribution is 2.22. The number of carboxylic acids is 1. The highest BCUT2D eigenvalue weighted by Gasteiger charge is 2.40. The van der Waals surface area contributed by atoms with Gasteiger partial charge in [-0.1, -0.05) is 12.2 Å². The van der Waals surface area contributed by atoms with Gasteiger partial charge in [0.2, 0.25) is 0 Å². The molecule has 1 aliphatic carbocycles. The molecule has 12 heavy (non-hydrogen) atoms. The van der Waals surface area contributed by atoms with Crippen LogP contribution in [0.4, 0.5) is 0 Å². The molecular formula is C7H10N2O3. The Kier molecular flexibility index (Phi) is 1.91. The van der Waals surface area contributed by atoms with E-state index < -0.39 is 17.6 Å². The molecule has 0 amide bonds. The first kappa shape index (κ1) is 8.76. The number of carbonyl (C=O) groups is 1. The van der Waals surface area contributed by atoms with E-state index in [1.807, 2.05) is 0 Å². The molecule has 0 aliphatic heterocycles. The molecule has 0 saturated heterocycles. The molecule has 0 spiro atoms. The number of rotatable bonds is 1. The number of allylic oxidation sites excluding steroid dienone is 2. The molecule has 1 rings (SSSR count). The SMILES string of the molecule is NC1=CC=CC(C(=O)O)C1(N)O. The fourth-order valence-corrected chi connectivity index (χ4v) is 1.00. The lowest BCUT2D eigenvalue weighted by atomic mass is 9.89. The molecule has 0 saturated carbocycles. The molecule has 5 heteroatoms. The van der Waals surface area contributed by atoms with Crippen molar-refractivity contribution in [2.75, 3.05) is 0 Å². The summed E-state index contributed by atoms with van der Waals surface area (Å²) < 4.78 is 0. The van der Waals surface area contributed by atoms with Gasteiger partial charge < -0.3 is 15.9 Å². The molecule has 66 valence electrons. The van der Waals surface area contributed by atoms with E-state index in [1.54, 1.807) is 0 Å². The molecule has 0 bridgehead atoms. The van der Waals surface area contributed by atoms with E-state index in [0.717, 1.165) is 0 Å². The van der Waals surface area contributed by atoms with Gasteiger partial charge in [-0.15, -0.1) is 0 Å². The molecule has 0 fully saturated rings. The summed E-state index contributed by atoms with van der Waals surface area (Å²) in [6.45, 7) is 0. The normalized spacial score (nSPS) is 34.5. The van der Waals surface area contributed by atoms with Crippen molar-refractivity contribution in [2.45, 2.75) is 5.72 Å². The Morgan fingerprint density at radius 2 is 2.25 bits per heavy atom. The van der Waals surface area contributed by atoms with Crippen molar-refractivity contribution in [3.63, 3.8) is 0 Å². The number of nitrogens with two attached hydrogens (primary N) is 2. The maximum Gasteiger partial charge on any atom is 0.315 e. The molecular weight excluding hydrogens is 160 g/mol. The lowest BCUT2D eigenvalue weighted by molar-refractivity contribution is -0.146. The summed E-state index contributed by atoms with van der Waals surface area (Å²) in [6.07, 6.45) is 4.12. The topological polar surface area (TPSA) is 110 Å². The van der Waals surface area contributed by atoms with Crippen LogP contribution < -0.4 is 11.5 Å². The molecule has 0 aromatic carbocycles. The van der Waals surface area contributed by atoms with E-state index in [9.17, 15) is 9.90 Å². The third-order valence-corrected chi connectivity index (χ3v) is 1.78. The summed E-state index contributed by atoms with van der Waals surface area (Å²) >= 11 is 0. The van der Waals surface area contributed by atoms with Crippen LogP contribution in [0.3, 0.4) is 0 Å². The molecule has 0 radical (unpaired) electrons. The van der Waals surface area contributed by atoms with Gasteiger partial charge in [0.05, 0.1) is 5.70 Å². The first-order chi connectivity index (χ1) is 5.46.